The first-order valence-electron chi connectivity index (χ1n) is 3.07. The molecular weight excluding hydrogens is 164 g/mol. The van der Waals surface area contributed by atoms with Gasteiger partial charge in [-0.1, -0.05) is 0 Å². The molecule has 0 fully saturated rings. The second-order valence-electron chi connectivity index (χ2n) is 2.37. The molecule has 0 heterocycles. The first kappa shape index (κ1) is 13.1. The summed E-state index contributed by atoms with van der Waals surface area (Å²) in [5.41, 5.74) is 5.53. The van der Waals surface area contributed by atoms with E-state index in [9.17, 15) is 0 Å². The van der Waals surface area contributed by atoms with Crippen LogP contribution >= 0.6 is 0 Å². The second-order valence-corrected chi connectivity index (χ2v) is 2.37. The van der Waals surface area contributed by atoms with Crippen molar-refractivity contribution in [3.8, 4) is 0 Å². The largest absolute Gasteiger partial charge is 0.356 e. The van der Waals surface area contributed by atoms with Crippen LogP contribution in [0.1, 0.15) is 0 Å². The van der Waals surface area contributed by atoms with Crippen molar-refractivity contribution in [3.63, 3.8) is 0 Å². The van der Waals surface area contributed by atoms with Gasteiger partial charge >= 0.3 is 5.96 Å². The summed E-state index contributed by atoms with van der Waals surface area (Å²) >= 11 is 0. The van der Waals surface area contributed by atoms with Gasteiger partial charge in [0.05, 0.1) is 33.3 Å². The van der Waals surface area contributed by atoms with Crippen LogP contribution in [0.4, 0.5) is 0 Å². The quantitative estimate of drug-likeness (QED) is 0.167. The van der Waals surface area contributed by atoms with Gasteiger partial charge in [0.1, 0.15) is 0 Å². The van der Waals surface area contributed by atoms with Crippen molar-refractivity contribution in [2.75, 3.05) is 28.2 Å². The van der Waals surface area contributed by atoms with Gasteiger partial charge in [-0.15, -0.1) is 0 Å². The van der Waals surface area contributed by atoms with Crippen molar-refractivity contribution in [1.29, 1.82) is 0 Å². The van der Waals surface area contributed by atoms with E-state index in [1.165, 1.54) is 0 Å². The summed E-state index contributed by atoms with van der Waals surface area (Å²) in [6.07, 6.45) is 0. The predicted molar refractivity (Wildman–Crippen MR) is 45.4 cm³/mol. The summed E-state index contributed by atoms with van der Waals surface area (Å²) in [6, 6.07) is 0. The molecule has 72 valence electrons. The summed E-state index contributed by atoms with van der Waals surface area (Å²) in [4.78, 5) is 10.1. The Labute approximate surface area is 70.8 Å². The molecule has 2 N–H and O–H groups in total. The summed E-state index contributed by atoms with van der Waals surface area (Å²) in [5.74, 6) is 0.769. The topological polar surface area (TPSA) is 98.5 Å². The Bertz CT molecular complexity index is 170. The van der Waals surface area contributed by atoms with Gasteiger partial charge in [-0.05, 0) is 0 Å². The Morgan fingerprint density at radius 2 is 1.58 bits per heavy atom. The summed E-state index contributed by atoms with van der Waals surface area (Å²) in [7, 11) is 7.65. The van der Waals surface area contributed by atoms with Gasteiger partial charge < -0.3 is 15.3 Å². The first-order chi connectivity index (χ1) is 5.29. The van der Waals surface area contributed by atoms with Crippen LogP contribution in [0.25, 0.3) is 0 Å². The Balaban J connectivity index is 0. The van der Waals surface area contributed by atoms with Crippen molar-refractivity contribution in [3.05, 3.63) is 15.3 Å². The lowest BCUT2D eigenvalue weighted by Gasteiger charge is -2.04. The third-order valence-corrected chi connectivity index (χ3v) is 0.916. The molecular formula is C5H14N4O3. The van der Waals surface area contributed by atoms with Gasteiger partial charge in [-0.25, -0.2) is 0 Å². The number of guanidine groups is 1. The molecule has 0 aliphatic carbocycles. The van der Waals surface area contributed by atoms with Crippen LogP contribution in [0.3, 0.4) is 0 Å². The molecule has 0 atom stereocenters. The Kier molecular flexibility index (Phi) is 6.76. The molecule has 0 unspecified atom stereocenters. The lowest BCUT2D eigenvalue weighted by molar-refractivity contribution is -0.470. The normalized spacial score (nSPS) is 7.67. The fourth-order valence-electron chi connectivity index (χ4n) is 0.400. The number of nitrogens with zero attached hydrogens (tertiary/aromatic N) is 3. The lowest BCUT2D eigenvalue weighted by atomic mass is 10.8. The molecule has 0 spiro atoms. The van der Waals surface area contributed by atoms with Gasteiger partial charge in [-0.2, -0.15) is 0 Å². The van der Waals surface area contributed by atoms with Crippen LogP contribution in [-0.2, 0) is 0 Å². The van der Waals surface area contributed by atoms with E-state index in [0.29, 0.717) is 0 Å². The molecule has 0 aliphatic heterocycles. The summed E-state index contributed by atoms with van der Waals surface area (Å²) < 4.78 is 1.86. The summed E-state index contributed by atoms with van der Waals surface area (Å²) in [6.45, 7) is 0. The highest BCUT2D eigenvalue weighted by atomic mass is 16.9. The number of hydrogen-bond donors (Lipinski definition) is 1. The van der Waals surface area contributed by atoms with Gasteiger partial charge in [-0.3, -0.25) is 15.2 Å². The van der Waals surface area contributed by atoms with Crippen LogP contribution in [0.5, 0.6) is 0 Å². The zero-order valence-corrected chi connectivity index (χ0v) is 7.64. The number of hydrogen-bond acceptors (Lipinski definition) is 3. The minimum atomic E-state index is -1.75. The maximum Gasteiger partial charge on any atom is 0.344 e. The van der Waals surface area contributed by atoms with E-state index in [2.05, 4.69) is 0 Å². The zero-order chi connectivity index (χ0) is 10.3. The third-order valence-electron chi connectivity index (χ3n) is 0.916. The van der Waals surface area contributed by atoms with Crippen LogP contribution in [0.2, 0.25) is 0 Å². The maximum atomic E-state index is 8.25. The van der Waals surface area contributed by atoms with E-state index < -0.39 is 5.09 Å². The van der Waals surface area contributed by atoms with Crippen LogP contribution in [-0.4, -0.2) is 48.7 Å². The minimum Gasteiger partial charge on any atom is -0.356 e. The van der Waals surface area contributed by atoms with E-state index in [1.807, 2.05) is 37.7 Å². The van der Waals surface area contributed by atoms with E-state index >= 15 is 0 Å². The molecule has 0 aliphatic rings. The predicted octanol–water partition coefficient (Wildman–Crippen LogP) is -1.10. The highest BCUT2D eigenvalue weighted by Crippen LogP contribution is 1.68. The molecule has 0 amide bonds. The molecule has 0 saturated heterocycles. The minimum absolute atomic E-state index is 0.769. The van der Waals surface area contributed by atoms with Gasteiger partial charge in [0, 0.05) is 0 Å². The standard InChI is InChI=1S/C5H13N3.NO3/c1-7(2)5(6)8(3)4;2-1(3)4/h6H,1-4H3;/q;-1/p+1. The maximum absolute atomic E-state index is 8.25. The smallest absolute Gasteiger partial charge is 0.344 e. The van der Waals surface area contributed by atoms with Crippen LogP contribution in [0.15, 0.2) is 0 Å². The fraction of sp³-hybridized carbons (Fsp3) is 0.800. The molecule has 0 aromatic carbocycles. The van der Waals surface area contributed by atoms with Gasteiger partial charge in [0.2, 0.25) is 0 Å². The Morgan fingerprint density at radius 3 is 1.58 bits per heavy atom. The SMILES string of the molecule is CN(C)C(N)=[N+](C)C.O=[N+]([O-])[O-]. The van der Waals surface area contributed by atoms with Crippen molar-refractivity contribution in [2.24, 2.45) is 5.73 Å². The van der Waals surface area contributed by atoms with Crippen LogP contribution < -0.4 is 5.73 Å². The highest BCUT2D eigenvalue weighted by molar-refractivity contribution is 5.72. The first-order valence-corrected chi connectivity index (χ1v) is 3.07. The zero-order valence-electron chi connectivity index (χ0n) is 7.64. The molecule has 0 radical (unpaired) electrons. The van der Waals surface area contributed by atoms with Crippen molar-refractivity contribution >= 4 is 5.96 Å². The molecule has 7 heteroatoms. The Morgan fingerprint density at radius 1 is 1.33 bits per heavy atom. The Hall–Kier alpha value is -1.53. The van der Waals surface area contributed by atoms with E-state index in [0.717, 1.165) is 5.96 Å². The van der Waals surface area contributed by atoms with Crippen molar-refractivity contribution in [2.45, 2.75) is 0 Å². The molecule has 0 saturated carbocycles. The molecule has 12 heavy (non-hydrogen) atoms. The van der Waals surface area contributed by atoms with Crippen molar-refractivity contribution < 1.29 is 9.66 Å². The van der Waals surface area contributed by atoms with Gasteiger partial charge in [0.15, 0.2) is 0 Å². The highest BCUT2D eigenvalue weighted by Gasteiger charge is 2.00. The van der Waals surface area contributed by atoms with E-state index in [1.54, 1.807) is 0 Å². The third kappa shape index (κ3) is 11.3. The number of nitrogens with two attached hydrogens (primary N) is 1. The number of rotatable bonds is 0. The lowest BCUT2D eigenvalue weighted by Crippen LogP contribution is -2.36. The molecule has 0 aromatic rings. The monoisotopic (exact) mass is 178 g/mol. The molecule has 0 bridgehead atoms. The van der Waals surface area contributed by atoms with Crippen molar-refractivity contribution in [1.82, 2.24) is 4.90 Å². The van der Waals surface area contributed by atoms with E-state index in [4.69, 9.17) is 21.1 Å². The van der Waals surface area contributed by atoms with Gasteiger partial charge in [0.25, 0.3) is 0 Å². The summed E-state index contributed by atoms with van der Waals surface area (Å²) in [5, 5.41) is 14.8. The van der Waals surface area contributed by atoms with Crippen LogP contribution in [0, 0.1) is 15.3 Å². The molecule has 7 nitrogen and oxygen atoms in total. The second kappa shape index (κ2) is 6.20. The fourth-order valence-corrected chi connectivity index (χ4v) is 0.400. The molecule has 0 aromatic heterocycles. The van der Waals surface area contributed by atoms with E-state index in [-0.39, 0.29) is 0 Å². The average Bonchev–Trinajstić information content (AvgIpc) is 1.84. The average molecular weight is 178 g/mol. The molecule has 0 rings (SSSR count).